The largest absolute Gasteiger partial charge is 0.374 e. The zero-order chi connectivity index (χ0) is 13.8. The molecule has 106 valence electrons. The summed E-state index contributed by atoms with van der Waals surface area (Å²) in [5.74, 6) is 0.872. The van der Waals surface area contributed by atoms with Gasteiger partial charge >= 0.3 is 0 Å². The summed E-state index contributed by atoms with van der Waals surface area (Å²) < 4.78 is 1.14. The summed E-state index contributed by atoms with van der Waals surface area (Å²) in [6, 6.07) is 6.76. The van der Waals surface area contributed by atoms with Gasteiger partial charge in [-0.2, -0.15) is 0 Å². The molecule has 2 N–H and O–H groups in total. The summed E-state index contributed by atoms with van der Waals surface area (Å²) in [5, 5.41) is 0. The first-order valence-electron chi connectivity index (χ1n) is 7.31. The van der Waals surface area contributed by atoms with Crippen LogP contribution in [0.15, 0.2) is 22.7 Å². The lowest BCUT2D eigenvalue weighted by atomic mass is 10.0. The lowest BCUT2D eigenvalue weighted by molar-refractivity contribution is 0.546. The molecule has 0 aliphatic heterocycles. The summed E-state index contributed by atoms with van der Waals surface area (Å²) in [4.78, 5) is 2.42. The van der Waals surface area contributed by atoms with Gasteiger partial charge in [-0.25, -0.2) is 0 Å². The number of halogens is 1. The first-order valence-corrected chi connectivity index (χ1v) is 8.10. The molecule has 0 aromatic heterocycles. The molecule has 1 unspecified atom stereocenters. The lowest BCUT2D eigenvalue weighted by Gasteiger charge is -2.26. The van der Waals surface area contributed by atoms with Gasteiger partial charge in [0.1, 0.15) is 0 Å². The maximum Gasteiger partial charge on any atom is 0.0397 e. The monoisotopic (exact) mass is 324 g/mol. The third-order valence-corrected chi connectivity index (χ3v) is 4.49. The fourth-order valence-corrected chi connectivity index (χ4v) is 3.52. The highest BCUT2D eigenvalue weighted by molar-refractivity contribution is 9.10. The van der Waals surface area contributed by atoms with Crippen LogP contribution in [0.1, 0.15) is 38.2 Å². The summed E-state index contributed by atoms with van der Waals surface area (Å²) in [6.45, 7) is 3.25. The minimum absolute atomic E-state index is 0.202. The van der Waals surface area contributed by atoms with Crippen molar-refractivity contribution in [1.29, 1.82) is 0 Å². The molecule has 3 heteroatoms. The van der Waals surface area contributed by atoms with Gasteiger partial charge in [0.25, 0.3) is 0 Å². The highest BCUT2D eigenvalue weighted by Gasteiger charge is 2.18. The second-order valence-electron chi connectivity index (χ2n) is 5.99. The quantitative estimate of drug-likeness (QED) is 0.888. The number of anilines is 1. The Kier molecular flexibility index (Phi) is 5.28. The van der Waals surface area contributed by atoms with Gasteiger partial charge in [0, 0.05) is 29.8 Å². The molecule has 0 heterocycles. The van der Waals surface area contributed by atoms with Crippen LogP contribution in [-0.2, 0) is 6.42 Å². The van der Waals surface area contributed by atoms with Crippen molar-refractivity contribution in [2.75, 3.05) is 18.5 Å². The van der Waals surface area contributed by atoms with Crippen LogP contribution < -0.4 is 10.6 Å². The molecule has 1 fully saturated rings. The topological polar surface area (TPSA) is 29.3 Å². The van der Waals surface area contributed by atoms with Gasteiger partial charge in [0.2, 0.25) is 0 Å². The molecule has 0 radical (unpaired) electrons. The lowest BCUT2D eigenvalue weighted by Crippen LogP contribution is -2.26. The Bertz CT molecular complexity index is 411. The van der Waals surface area contributed by atoms with Crippen LogP contribution in [0.4, 0.5) is 5.69 Å². The van der Waals surface area contributed by atoms with Gasteiger partial charge in [0.15, 0.2) is 0 Å². The number of benzene rings is 1. The predicted octanol–water partition coefficient (Wildman–Crippen LogP) is 3.97. The Balaban J connectivity index is 2.12. The maximum atomic E-state index is 5.97. The average molecular weight is 325 g/mol. The van der Waals surface area contributed by atoms with E-state index in [1.807, 2.05) is 0 Å². The van der Waals surface area contributed by atoms with Crippen molar-refractivity contribution in [3.8, 4) is 0 Å². The van der Waals surface area contributed by atoms with Crippen molar-refractivity contribution in [2.24, 2.45) is 11.7 Å². The Morgan fingerprint density at radius 1 is 1.37 bits per heavy atom. The van der Waals surface area contributed by atoms with Gasteiger partial charge in [-0.3, -0.25) is 0 Å². The van der Waals surface area contributed by atoms with Gasteiger partial charge in [-0.1, -0.05) is 28.8 Å². The fourth-order valence-electron chi connectivity index (χ4n) is 3.12. The van der Waals surface area contributed by atoms with E-state index in [1.54, 1.807) is 0 Å². The van der Waals surface area contributed by atoms with E-state index in [4.69, 9.17) is 5.73 Å². The van der Waals surface area contributed by atoms with Crippen molar-refractivity contribution in [1.82, 2.24) is 0 Å². The van der Waals surface area contributed by atoms with Crippen LogP contribution in [0.2, 0.25) is 0 Å². The van der Waals surface area contributed by atoms with Crippen molar-refractivity contribution < 1.29 is 0 Å². The molecule has 1 aliphatic rings. The van der Waals surface area contributed by atoms with E-state index in [0.29, 0.717) is 0 Å². The highest BCUT2D eigenvalue weighted by atomic mass is 79.9. The van der Waals surface area contributed by atoms with Gasteiger partial charge in [-0.15, -0.1) is 0 Å². The highest BCUT2D eigenvalue weighted by Crippen LogP contribution is 2.29. The van der Waals surface area contributed by atoms with Crippen LogP contribution >= 0.6 is 15.9 Å². The standard InChI is InChI=1S/C16H25BrN2/c1-12(18)9-14-10-15(17)7-8-16(14)19(2)11-13-5-3-4-6-13/h7-8,10,12-13H,3-6,9,11,18H2,1-2H3. The normalized spacial score (nSPS) is 17.7. The van der Waals surface area contributed by atoms with E-state index in [0.717, 1.165) is 16.8 Å². The van der Waals surface area contributed by atoms with E-state index in [9.17, 15) is 0 Å². The molecule has 0 spiro atoms. The Labute approximate surface area is 125 Å². The van der Waals surface area contributed by atoms with E-state index in [1.165, 1.54) is 43.5 Å². The SMILES string of the molecule is CC(N)Cc1cc(Br)ccc1N(C)CC1CCCC1. The van der Waals surface area contributed by atoms with Crippen LogP contribution in [0.25, 0.3) is 0 Å². The molecule has 1 atom stereocenters. The molecule has 1 saturated carbocycles. The molecule has 2 nitrogen and oxygen atoms in total. The van der Waals surface area contributed by atoms with E-state index in [2.05, 4.69) is 53.0 Å². The predicted molar refractivity (Wildman–Crippen MR) is 86.7 cm³/mol. The molecule has 0 amide bonds. The van der Waals surface area contributed by atoms with Crippen LogP contribution in [0.5, 0.6) is 0 Å². The van der Waals surface area contributed by atoms with Crippen molar-refractivity contribution in [2.45, 2.75) is 45.1 Å². The molecule has 1 aromatic carbocycles. The maximum absolute atomic E-state index is 5.97. The summed E-state index contributed by atoms with van der Waals surface area (Å²) in [6.07, 6.45) is 6.54. The molecule has 1 aliphatic carbocycles. The number of nitrogens with two attached hydrogens (primary N) is 1. The van der Waals surface area contributed by atoms with E-state index < -0.39 is 0 Å². The summed E-state index contributed by atoms with van der Waals surface area (Å²) in [5.41, 5.74) is 8.67. The molecule has 2 rings (SSSR count). The second kappa shape index (κ2) is 6.76. The molecular weight excluding hydrogens is 300 g/mol. The molecular formula is C16H25BrN2. The van der Waals surface area contributed by atoms with Gasteiger partial charge in [0.05, 0.1) is 0 Å². The van der Waals surface area contributed by atoms with E-state index >= 15 is 0 Å². The Morgan fingerprint density at radius 2 is 2.05 bits per heavy atom. The minimum atomic E-state index is 0.202. The van der Waals surface area contributed by atoms with Crippen molar-refractivity contribution in [3.05, 3.63) is 28.2 Å². The average Bonchev–Trinajstić information content (AvgIpc) is 2.80. The zero-order valence-corrected chi connectivity index (χ0v) is 13.6. The van der Waals surface area contributed by atoms with Crippen LogP contribution in [0, 0.1) is 5.92 Å². The molecule has 1 aromatic rings. The molecule has 0 saturated heterocycles. The number of rotatable bonds is 5. The third-order valence-electron chi connectivity index (χ3n) is 4.00. The Morgan fingerprint density at radius 3 is 2.68 bits per heavy atom. The molecule has 0 bridgehead atoms. The smallest absolute Gasteiger partial charge is 0.0397 e. The number of nitrogens with zero attached hydrogens (tertiary/aromatic N) is 1. The number of hydrogen-bond acceptors (Lipinski definition) is 2. The van der Waals surface area contributed by atoms with E-state index in [-0.39, 0.29) is 6.04 Å². The minimum Gasteiger partial charge on any atom is -0.374 e. The van der Waals surface area contributed by atoms with Gasteiger partial charge in [-0.05, 0) is 55.9 Å². The zero-order valence-electron chi connectivity index (χ0n) is 12.0. The third kappa shape index (κ3) is 4.22. The fraction of sp³-hybridized carbons (Fsp3) is 0.625. The van der Waals surface area contributed by atoms with Crippen LogP contribution in [0.3, 0.4) is 0 Å². The molecule has 19 heavy (non-hydrogen) atoms. The summed E-state index contributed by atoms with van der Waals surface area (Å²) >= 11 is 3.56. The van der Waals surface area contributed by atoms with Gasteiger partial charge < -0.3 is 10.6 Å². The Hall–Kier alpha value is -0.540. The van der Waals surface area contributed by atoms with Crippen molar-refractivity contribution >= 4 is 21.6 Å². The second-order valence-corrected chi connectivity index (χ2v) is 6.90. The van der Waals surface area contributed by atoms with Crippen molar-refractivity contribution in [3.63, 3.8) is 0 Å². The first-order chi connectivity index (χ1) is 9.06. The summed E-state index contributed by atoms with van der Waals surface area (Å²) in [7, 11) is 2.21. The number of hydrogen-bond donors (Lipinski definition) is 1. The first kappa shape index (κ1) is 14.9. The van der Waals surface area contributed by atoms with Crippen LogP contribution in [-0.4, -0.2) is 19.6 Å².